The molecule has 0 saturated carbocycles. The molecule has 2 saturated heterocycles. The molecule has 1 aromatic rings. The van der Waals surface area contributed by atoms with Gasteiger partial charge in [0.05, 0.1) is 18.7 Å². The van der Waals surface area contributed by atoms with Crippen LogP contribution in [0.1, 0.15) is 30.9 Å². The minimum Gasteiger partial charge on any atom is -0.361 e. The van der Waals surface area contributed by atoms with Crippen LogP contribution in [0, 0.1) is 23.7 Å². The third kappa shape index (κ3) is 1.83. The summed E-state index contributed by atoms with van der Waals surface area (Å²) >= 11 is 0. The molecule has 0 aromatic heterocycles. The first-order valence-electron chi connectivity index (χ1n) is 6.65. The lowest BCUT2D eigenvalue weighted by atomic mass is 9.86. The summed E-state index contributed by atoms with van der Waals surface area (Å²) in [6.45, 7) is 0.611. The fraction of sp³-hybridized carbons (Fsp3) is 0.438. The normalized spacial score (nSPS) is 34.2. The third-order valence-corrected chi connectivity index (χ3v) is 4.13. The van der Waals surface area contributed by atoms with Crippen molar-refractivity contribution >= 4 is 0 Å². The maximum absolute atomic E-state index is 9.56. The molecule has 2 heterocycles. The summed E-state index contributed by atoms with van der Waals surface area (Å²) < 4.78 is 5.86. The highest BCUT2D eigenvalue weighted by atomic mass is 16.5. The van der Waals surface area contributed by atoms with Gasteiger partial charge < -0.3 is 4.74 Å². The number of fused-ring (bicyclic) bond motifs is 1. The zero-order valence-electron chi connectivity index (χ0n) is 10.7. The van der Waals surface area contributed by atoms with Crippen molar-refractivity contribution in [2.45, 2.75) is 37.1 Å². The van der Waals surface area contributed by atoms with Crippen molar-refractivity contribution < 1.29 is 4.74 Å². The van der Waals surface area contributed by atoms with E-state index >= 15 is 0 Å². The Morgan fingerprint density at radius 2 is 2.16 bits per heavy atom. The van der Waals surface area contributed by atoms with E-state index in [0.29, 0.717) is 6.61 Å². The Morgan fingerprint density at radius 1 is 1.37 bits per heavy atom. The van der Waals surface area contributed by atoms with Crippen molar-refractivity contribution in [3.63, 3.8) is 0 Å². The highest BCUT2D eigenvalue weighted by molar-refractivity contribution is 5.31. The van der Waals surface area contributed by atoms with Crippen LogP contribution in [0.5, 0.6) is 0 Å². The molecule has 19 heavy (non-hydrogen) atoms. The fourth-order valence-electron chi connectivity index (χ4n) is 3.18. The second kappa shape index (κ2) is 4.70. The van der Waals surface area contributed by atoms with E-state index in [4.69, 9.17) is 11.2 Å². The molecule has 2 aliphatic heterocycles. The van der Waals surface area contributed by atoms with Gasteiger partial charge in [0.25, 0.3) is 0 Å². The van der Waals surface area contributed by atoms with Gasteiger partial charge in [0.15, 0.2) is 5.54 Å². The van der Waals surface area contributed by atoms with Gasteiger partial charge in [-0.3, -0.25) is 0 Å². The Hall–Kier alpha value is -1.81. The van der Waals surface area contributed by atoms with Gasteiger partial charge in [0, 0.05) is 0 Å². The number of hydrogen-bond donors (Lipinski definition) is 0. The second-order valence-electron chi connectivity index (χ2n) is 5.13. The molecule has 3 heteroatoms. The van der Waals surface area contributed by atoms with Crippen LogP contribution in [0.2, 0.25) is 0 Å². The molecule has 3 nitrogen and oxygen atoms in total. The van der Waals surface area contributed by atoms with Crippen LogP contribution < -0.4 is 0 Å². The number of terminal acetylenes is 1. The lowest BCUT2D eigenvalue weighted by molar-refractivity contribution is -0.0322. The van der Waals surface area contributed by atoms with Crippen molar-refractivity contribution in [3.05, 3.63) is 35.9 Å². The summed E-state index contributed by atoms with van der Waals surface area (Å²) in [5.74, 6) is 2.72. The van der Waals surface area contributed by atoms with Crippen LogP contribution in [0.15, 0.2) is 30.3 Å². The van der Waals surface area contributed by atoms with E-state index in [1.165, 1.54) is 5.56 Å². The monoisotopic (exact) mass is 252 g/mol. The standard InChI is InChI=1S/C16H16N2O/c1-2-16(12-17)10-6-9-15-18(16)14(11-19-15)13-7-4-3-5-8-13/h1,3-5,7-8,14-15H,6,9-11H2/t14-,15+,16-/m1/s1. The molecule has 3 atom stereocenters. The summed E-state index contributed by atoms with van der Waals surface area (Å²) in [7, 11) is 0. The zero-order chi connectivity index (χ0) is 13.3. The quantitative estimate of drug-likeness (QED) is 0.720. The number of benzene rings is 1. The van der Waals surface area contributed by atoms with Crippen LogP contribution >= 0.6 is 0 Å². The molecule has 0 aliphatic carbocycles. The minimum atomic E-state index is -0.820. The van der Waals surface area contributed by atoms with E-state index in [2.05, 4.69) is 29.0 Å². The van der Waals surface area contributed by atoms with Gasteiger partial charge in [-0.2, -0.15) is 5.26 Å². The Labute approximate surface area is 113 Å². The third-order valence-electron chi connectivity index (χ3n) is 4.13. The first-order chi connectivity index (χ1) is 9.30. The highest BCUT2D eigenvalue weighted by Crippen LogP contribution is 2.43. The zero-order valence-corrected chi connectivity index (χ0v) is 10.7. The summed E-state index contributed by atoms with van der Waals surface area (Å²) in [6, 6.07) is 12.6. The van der Waals surface area contributed by atoms with E-state index in [0.717, 1.165) is 19.3 Å². The van der Waals surface area contributed by atoms with E-state index in [9.17, 15) is 5.26 Å². The first kappa shape index (κ1) is 12.2. The largest absolute Gasteiger partial charge is 0.361 e. The number of hydrogen-bond acceptors (Lipinski definition) is 3. The first-order valence-corrected chi connectivity index (χ1v) is 6.65. The lowest BCUT2D eigenvalue weighted by Crippen LogP contribution is -2.53. The average Bonchev–Trinajstić information content (AvgIpc) is 2.92. The Bertz CT molecular complexity index is 526. The summed E-state index contributed by atoms with van der Waals surface area (Å²) in [5.41, 5.74) is 0.349. The van der Waals surface area contributed by atoms with E-state index in [1.807, 2.05) is 18.2 Å². The summed E-state index contributed by atoms with van der Waals surface area (Å²) in [5, 5.41) is 9.56. The SMILES string of the molecule is C#C[C@]1(C#N)CCC[C@@H]2OC[C@H](c3ccccc3)N21. The number of nitrogens with zero attached hydrogens (tertiary/aromatic N) is 2. The van der Waals surface area contributed by atoms with Crippen molar-refractivity contribution in [1.29, 1.82) is 5.26 Å². The molecule has 0 radical (unpaired) electrons. The summed E-state index contributed by atoms with van der Waals surface area (Å²) in [4.78, 5) is 2.10. The highest BCUT2D eigenvalue weighted by Gasteiger charge is 2.50. The van der Waals surface area contributed by atoms with Crippen LogP contribution in [0.25, 0.3) is 0 Å². The number of rotatable bonds is 1. The molecule has 96 valence electrons. The van der Waals surface area contributed by atoms with Gasteiger partial charge >= 0.3 is 0 Å². The van der Waals surface area contributed by atoms with Gasteiger partial charge in [-0.1, -0.05) is 36.3 Å². The smallest absolute Gasteiger partial charge is 0.172 e. The molecular formula is C16H16N2O. The molecule has 1 aromatic carbocycles. The molecular weight excluding hydrogens is 236 g/mol. The van der Waals surface area contributed by atoms with Crippen LogP contribution in [-0.2, 0) is 4.74 Å². The molecule has 0 bridgehead atoms. The maximum Gasteiger partial charge on any atom is 0.172 e. The maximum atomic E-state index is 9.56. The number of ether oxygens (including phenoxy) is 1. The van der Waals surface area contributed by atoms with Crippen molar-refractivity contribution in [1.82, 2.24) is 4.90 Å². The molecule has 0 N–H and O–H groups in total. The van der Waals surface area contributed by atoms with Gasteiger partial charge in [0.2, 0.25) is 0 Å². The van der Waals surface area contributed by atoms with Crippen LogP contribution in [0.3, 0.4) is 0 Å². The van der Waals surface area contributed by atoms with Gasteiger partial charge in [-0.25, -0.2) is 4.90 Å². The Kier molecular flexibility index (Phi) is 3.03. The second-order valence-corrected chi connectivity index (χ2v) is 5.13. The Morgan fingerprint density at radius 3 is 2.84 bits per heavy atom. The van der Waals surface area contributed by atoms with Crippen molar-refractivity contribution in [2.75, 3.05) is 6.61 Å². The number of nitriles is 1. The average molecular weight is 252 g/mol. The molecule has 2 aliphatic rings. The predicted octanol–water partition coefficient (Wildman–Crippen LogP) is 2.47. The molecule has 3 rings (SSSR count). The number of piperidine rings is 1. The van der Waals surface area contributed by atoms with Gasteiger partial charge in [-0.05, 0) is 24.8 Å². The Balaban J connectivity index is 2.01. The minimum absolute atomic E-state index is 0.0188. The van der Waals surface area contributed by atoms with Crippen molar-refractivity contribution in [2.24, 2.45) is 0 Å². The van der Waals surface area contributed by atoms with E-state index < -0.39 is 5.54 Å². The van der Waals surface area contributed by atoms with E-state index in [1.54, 1.807) is 0 Å². The van der Waals surface area contributed by atoms with Crippen LogP contribution in [-0.4, -0.2) is 23.3 Å². The van der Waals surface area contributed by atoms with E-state index in [-0.39, 0.29) is 12.3 Å². The molecule has 0 spiro atoms. The lowest BCUT2D eigenvalue weighted by Gasteiger charge is -2.42. The van der Waals surface area contributed by atoms with Crippen molar-refractivity contribution in [3.8, 4) is 18.4 Å². The molecule has 0 unspecified atom stereocenters. The van der Waals surface area contributed by atoms with Gasteiger partial charge in [-0.15, -0.1) is 6.42 Å². The van der Waals surface area contributed by atoms with Gasteiger partial charge in [0.1, 0.15) is 6.23 Å². The summed E-state index contributed by atoms with van der Waals surface area (Å²) in [6.07, 6.45) is 8.28. The molecule has 0 amide bonds. The molecule has 2 fully saturated rings. The predicted molar refractivity (Wildman–Crippen MR) is 71.8 cm³/mol. The topological polar surface area (TPSA) is 36.3 Å². The fourth-order valence-corrected chi connectivity index (χ4v) is 3.18. The van der Waals surface area contributed by atoms with Crippen LogP contribution in [0.4, 0.5) is 0 Å².